The third-order valence-electron chi connectivity index (χ3n) is 5.51. The van der Waals surface area contributed by atoms with Crippen molar-refractivity contribution < 1.29 is 9.59 Å². The summed E-state index contributed by atoms with van der Waals surface area (Å²) in [7, 11) is 0. The van der Waals surface area contributed by atoms with Crippen LogP contribution in [0.1, 0.15) is 42.7 Å². The molecular formula is C21H24N2O2S. The molecule has 2 fully saturated rings. The summed E-state index contributed by atoms with van der Waals surface area (Å²) in [6, 6.07) is 11.9. The standard InChI is InChI=1S/C21H24N2O2S/c1-13-5-9-16(10-6-13)23-19(24)12-17(20(23)18-4-3-11-26-18)21(25)22-14(2)15-7-8-15/h3-6,9-11,14-15,17,20H,7-8,12H2,1-2H3,(H,22,25). The predicted octanol–water partition coefficient (Wildman–Crippen LogP) is 4.07. The van der Waals surface area contributed by atoms with E-state index in [0.717, 1.165) is 16.1 Å². The maximum Gasteiger partial charge on any atom is 0.228 e. The molecule has 2 aromatic rings. The van der Waals surface area contributed by atoms with E-state index >= 15 is 0 Å². The topological polar surface area (TPSA) is 49.4 Å². The van der Waals surface area contributed by atoms with Crippen molar-refractivity contribution in [2.75, 3.05) is 4.90 Å². The summed E-state index contributed by atoms with van der Waals surface area (Å²) in [5.74, 6) is 0.283. The van der Waals surface area contributed by atoms with E-state index in [1.807, 2.05) is 53.6 Å². The van der Waals surface area contributed by atoms with Gasteiger partial charge in [0.25, 0.3) is 0 Å². The van der Waals surface area contributed by atoms with Crippen LogP contribution in [-0.4, -0.2) is 17.9 Å². The number of hydrogen-bond donors (Lipinski definition) is 1. The van der Waals surface area contributed by atoms with Crippen LogP contribution in [0.15, 0.2) is 41.8 Å². The molecule has 4 rings (SSSR count). The van der Waals surface area contributed by atoms with Crippen molar-refractivity contribution in [2.24, 2.45) is 11.8 Å². The summed E-state index contributed by atoms with van der Waals surface area (Å²) in [5, 5.41) is 5.17. The molecule has 3 atom stereocenters. The van der Waals surface area contributed by atoms with Crippen LogP contribution in [0, 0.1) is 18.8 Å². The number of amides is 2. The van der Waals surface area contributed by atoms with Gasteiger partial charge in [-0.05, 0) is 56.2 Å². The highest BCUT2D eigenvalue weighted by Gasteiger charge is 2.46. The van der Waals surface area contributed by atoms with Gasteiger partial charge in [0.15, 0.2) is 0 Å². The average molecular weight is 369 g/mol. The molecule has 1 aromatic carbocycles. The van der Waals surface area contributed by atoms with Gasteiger partial charge in [0.05, 0.1) is 12.0 Å². The quantitative estimate of drug-likeness (QED) is 0.865. The summed E-state index contributed by atoms with van der Waals surface area (Å²) in [6.45, 7) is 4.10. The van der Waals surface area contributed by atoms with Gasteiger partial charge in [0.1, 0.15) is 0 Å². The van der Waals surface area contributed by atoms with E-state index in [0.29, 0.717) is 5.92 Å². The van der Waals surface area contributed by atoms with Crippen LogP contribution >= 0.6 is 11.3 Å². The number of nitrogens with one attached hydrogen (secondary N) is 1. The lowest BCUT2D eigenvalue weighted by molar-refractivity contribution is -0.127. The van der Waals surface area contributed by atoms with Gasteiger partial charge in [-0.3, -0.25) is 9.59 Å². The Kier molecular flexibility index (Phi) is 4.57. The summed E-state index contributed by atoms with van der Waals surface area (Å²) >= 11 is 1.61. The molecule has 1 aliphatic heterocycles. The third-order valence-corrected chi connectivity index (χ3v) is 6.45. The van der Waals surface area contributed by atoms with E-state index in [4.69, 9.17) is 0 Å². The Morgan fingerprint density at radius 1 is 1.23 bits per heavy atom. The molecule has 0 spiro atoms. The molecule has 4 nitrogen and oxygen atoms in total. The second-order valence-corrected chi connectivity index (χ2v) is 8.48. The van der Waals surface area contributed by atoms with Crippen molar-refractivity contribution in [3.8, 4) is 0 Å². The van der Waals surface area contributed by atoms with Crippen molar-refractivity contribution in [3.63, 3.8) is 0 Å². The van der Waals surface area contributed by atoms with Crippen LogP contribution in [0.2, 0.25) is 0 Å². The molecule has 26 heavy (non-hydrogen) atoms. The molecule has 3 unspecified atom stereocenters. The largest absolute Gasteiger partial charge is 0.353 e. The molecular weight excluding hydrogens is 344 g/mol. The highest BCUT2D eigenvalue weighted by molar-refractivity contribution is 7.10. The number of carbonyl (C=O) groups is 2. The first kappa shape index (κ1) is 17.3. The Balaban J connectivity index is 1.64. The Hall–Kier alpha value is -2.14. The van der Waals surface area contributed by atoms with Crippen molar-refractivity contribution >= 4 is 28.8 Å². The first-order valence-corrected chi connectivity index (χ1v) is 10.1. The number of benzene rings is 1. The normalized spacial score (nSPS) is 23.9. The van der Waals surface area contributed by atoms with E-state index in [9.17, 15) is 9.59 Å². The monoisotopic (exact) mass is 368 g/mol. The smallest absolute Gasteiger partial charge is 0.228 e. The van der Waals surface area contributed by atoms with Gasteiger partial charge in [-0.2, -0.15) is 0 Å². The first-order valence-electron chi connectivity index (χ1n) is 9.27. The molecule has 0 bridgehead atoms. The molecule has 2 aliphatic rings. The lowest BCUT2D eigenvalue weighted by Gasteiger charge is -2.28. The molecule has 2 heterocycles. The fraction of sp³-hybridized carbons (Fsp3) is 0.429. The second kappa shape index (κ2) is 6.88. The minimum Gasteiger partial charge on any atom is -0.353 e. The van der Waals surface area contributed by atoms with Gasteiger partial charge in [0.2, 0.25) is 11.8 Å². The number of carbonyl (C=O) groups excluding carboxylic acids is 2. The molecule has 1 N–H and O–H groups in total. The molecule has 1 saturated carbocycles. The molecule has 5 heteroatoms. The minimum atomic E-state index is -0.344. The third kappa shape index (κ3) is 3.28. The van der Waals surface area contributed by atoms with Gasteiger partial charge in [0, 0.05) is 23.0 Å². The lowest BCUT2D eigenvalue weighted by Crippen LogP contribution is -2.40. The van der Waals surface area contributed by atoms with E-state index in [1.54, 1.807) is 11.3 Å². The first-order chi connectivity index (χ1) is 12.5. The molecule has 0 radical (unpaired) electrons. The number of thiophene rings is 1. The summed E-state index contributed by atoms with van der Waals surface area (Å²) in [5.41, 5.74) is 2.02. The number of nitrogens with zero attached hydrogens (tertiary/aromatic N) is 1. The van der Waals surface area contributed by atoms with Gasteiger partial charge < -0.3 is 10.2 Å². The van der Waals surface area contributed by atoms with Crippen molar-refractivity contribution in [1.82, 2.24) is 5.32 Å². The minimum absolute atomic E-state index is 0.00533. The van der Waals surface area contributed by atoms with Gasteiger partial charge in [-0.15, -0.1) is 11.3 Å². The average Bonchev–Trinajstić information content (AvgIpc) is 3.23. The van der Waals surface area contributed by atoms with Crippen molar-refractivity contribution in [1.29, 1.82) is 0 Å². The lowest BCUT2D eigenvalue weighted by atomic mass is 9.97. The van der Waals surface area contributed by atoms with E-state index in [2.05, 4.69) is 12.2 Å². The maximum absolute atomic E-state index is 13.0. The second-order valence-electron chi connectivity index (χ2n) is 7.50. The van der Waals surface area contributed by atoms with E-state index in [1.165, 1.54) is 12.8 Å². The maximum atomic E-state index is 13.0. The number of hydrogen-bond acceptors (Lipinski definition) is 3. The van der Waals surface area contributed by atoms with Crippen LogP contribution in [-0.2, 0) is 9.59 Å². The Morgan fingerprint density at radius 2 is 1.96 bits per heavy atom. The number of rotatable bonds is 5. The number of aryl methyl sites for hydroxylation is 1. The van der Waals surface area contributed by atoms with E-state index < -0.39 is 0 Å². The predicted molar refractivity (Wildman–Crippen MR) is 104 cm³/mol. The molecule has 1 aliphatic carbocycles. The molecule has 136 valence electrons. The summed E-state index contributed by atoms with van der Waals surface area (Å²) < 4.78 is 0. The fourth-order valence-electron chi connectivity index (χ4n) is 3.81. The van der Waals surface area contributed by atoms with Crippen molar-refractivity contribution in [2.45, 2.75) is 45.2 Å². The SMILES string of the molecule is Cc1ccc(N2C(=O)CC(C(=O)NC(C)C3CC3)C2c2cccs2)cc1. The zero-order valence-corrected chi connectivity index (χ0v) is 16.0. The fourth-order valence-corrected chi connectivity index (χ4v) is 4.69. The molecule has 1 saturated heterocycles. The molecule has 2 amide bonds. The van der Waals surface area contributed by atoms with Gasteiger partial charge in [-0.1, -0.05) is 23.8 Å². The Morgan fingerprint density at radius 3 is 2.58 bits per heavy atom. The highest BCUT2D eigenvalue weighted by Crippen LogP contribution is 2.43. The van der Waals surface area contributed by atoms with Gasteiger partial charge in [-0.25, -0.2) is 0 Å². The highest BCUT2D eigenvalue weighted by atomic mass is 32.1. The number of anilines is 1. The van der Waals surface area contributed by atoms with E-state index in [-0.39, 0.29) is 36.2 Å². The zero-order chi connectivity index (χ0) is 18.3. The van der Waals surface area contributed by atoms with Crippen LogP contribution in [0.25, 0.3) is 0 Å². The Labute approximate surface area is 158 Å². The van der Waals surface area contributed by atoms with Gasteiger partial charge >= 0.3 is 0 Å². The molecule has 1 aromatic heterocycles. The van der Waals surface area contributed by atoms with Crippen LogP contribution in [0.5, 0.6) is 0 Å². The van der Waals surface area contributed by atoms with Crippen LogP contribution < -0.4 is 10.2 Å². The van der Waals surface area contributed by atoms with Crippen LogP contribution in [0.4, 0.5) is 5.69 Å². The Bertz CT molecular complexity index is 796. The summed E-state index contributed by atoms with van der Waals surface area (Å²) in [6.07, 6.45) is 2.64. The van der Waals surface area contributed by atoms with Crippen molar-refractivity contribution in [3.05, 3.63) is 52.2 Å². The summed E-state index contributed by atoms with van der Waals surface area (Å²) in [4.78, 5) is 28.7. The zero-order valence-electron chi connectivity index (χ0n) is 15.1. The van der Waals surface area contributed by atoms with Crippen LogP contribution in [0.3, 0.4) is 0 Å².